The van der Waals surface area contributed by atoms with Crippen molar-refractivity contribution < 1.29 is 18.3 Å². The number of sulfonamides is 1. The highest BCUT2D eigenvalue weighted by Crippen LogP contribution is 2.16. The number of aromatic nitrogens is 1. The Morgan fingerprint density at radius 1 is 1.19 bits per heavy atom. The third kappa shape index (κ3) is 4.32. The summed E-state index contributed by atoms with van der Waals surface area (Å²) in [6, 6.07) is 9.40. The quantitative estimate of drug-likeness (QED) is 0.727. The molecule has 1 aromatic heterocycles. The smallest absolute Gasteiger partial charge is 0.251 e. The van der Waals surface area contributed by atoms with Crippen LogP contribution in [0.3, 0.4) is 0 Å². The Kier molecular flexibility index (Phi) is 6.57. The molecule has 0 bridgehead atoms. The number of aryl methyl sites for hydroxylation is 1. The maximum absolute atomic E-state index is 12.4. The number of aliphatic hydroxyl groups excluding tert-OH is 1. The molecule has 0 aliphatic carbocycles. The van der Waals surface area contributed by atoms with E-state index < -0.39 is 16.1 Å². The number of nitrogens with zero attached hydrogens (tertiary/aromatic N) is 2. The minimum absolute atomic E-state index is 0.0657. The van der Waals surface area contributed by atoms with E-state index >= 15 is 0 Å². The molecule has 0 saturated heterocycles. The van der Waals surface area contributed by atoms with Crippen LogP contribution in [0.4, 0.5) is 0 Å². The van der Waals surface area contributed by atoms with Gasteiger partial charge in [-0.3, -0.25) is 4.79 Å². The van der Waals surface area contributed by atoms with Crippen molar-refractivity contribution in [2.24, 2.45) is 7.05 Å². The third-order valence-electron chi connectivity index (χ3n) is 4.24. The molecule has 0 radical (unpaired) electrons. The number of rotatable bonds is 8. The van der Waals surface area contributed by atoms with Gasteiger partial charge >= 0.3 is 0 Å². The van der Waals surface area contributed by atoms with E-state index in [-0.39, 0.29) is 17.3 Å². The zero-order chi connectivity index (χ0) is 19.3. The second kappa shape index (κ2) is 8.48. The lowest BCUT2D eigenvalue weighted by molar-refractivity contribution is 0.0912. The summed E-state index contributed by atoms with van der Waals surface area (Å²) >= 11 is 0. The van der Waals surface area contributed by atoms with Crippen LogP contribution in [0.5, 0.6) is 0 Å². The van der Waals surface area contributed by atoms with Crippen LogP contribution in [0, 0.1) is 0 Å². The van der Waals surface area contributed by atoms with Gasteiger partial charge in [-0.1, -0.05) is 13.8 Å². The highest BCUT2D eigenvalue weighted by Gasteiger charge is 2.21. The molecule has 1 amide bonds. The normalized spacial score (nSPS) is 13.0. The first kappa shape index (κ1) is 20.2. The summed E-state index contributed by atoms with van der Waals surface area (Å²) in [5.74, 6) is -0.370. The summed E-state index contributed by atoms with van der Waals surface area (Å²) in [7, 11) is -1.73. The lowest BCUT2D eigenvalue weighted by Crippen LogP contribution is -2.31. The van der Waals surface area contributed by atoms with Crippen molar-refractivity contribution in [3.63, 3.8) is 0 Å². The van der Waals surface area contributed by atoms with Crippen molar-refractivity contribution in [2.45, 2.75) is 24.8 Å². The van der Waals surface area contributed by atoms with Crippen LogP contribution in [-0.2, 0) is 17.1 Å². The fourth-order valence-corrected chi connectivity index (χ4v) is 4.17. The lowest BCUT2D eigenvalue weighted by Gasteiger charge is -2.18. The van der Waals surface area contributed by atoms with Gasteiger partial charge in [-0.25, -0.2) is 8.42 Å². The second-order valence-electron chi connectivity index (χ2n) is 5.88. The molecule has 0 saturated carbocycles. The largest absolute Gasteiger partial charge is 0.385 e. The Morgan fingerprint density at radius 2 is 1.81 bits per heavy atom. The van der Waals surface area contributed by atoms with Gasteiger partial charge in [0.15, 0.2) is 0 Å². The Labute approximate surface area is 154 Å². The number of hydrogen-bond acceptors (Lipinski definition) is 4. The van der Waals surface area contributed by atoms with Gasteiger partial charge in [0.2, 0.25) is 10.0 Å². The maximum atomic E-state index is 12.4. The topological polar surface area (TPSA) is 91.6 Å². The van der Waals surface area contributed by atoms with Gasteiger partial charge in [0.05, 0.1) is 4.90 Å². The van der Waals surface area contributed by atoms with Crippen molar-refractivity contribution in [1.29, 1.82) is 0 Å². The van der Waals surface area contributed by atoms with Crippen LogP contribution in [0.2, 0.25) is 0 Å². The van der Waals surface area contributed by atoms with Crippen molar-refractivity contribution in [2.75, 3.05) is 19.6 Å². The van der Waals surface area contributed by atoms with Gasteiger partial charge in [0.1, 0.15) is 6.10 Å². The molecule has 1 atom stereocenters. The van der Waals surface area contributed by atoms with Gasteiger partial charge in [-0.05, 0) is 36.4 Å². The second-order valence-corrected chi connectivity index (χ2v) is 7.82. The first-order chi connectivity index (χ1) is 12.3. The number of hydrogen-bond donors (Lipinski definition) is 2. The molecule has 0 aliphatic heterocycles. The van der Waals surface area contributed by atoms with E-state index in [0.29, 0.717) is 24.3 Å². The Morgan fingerprint density at radius 3 is 2.31 bits per heavy atom. The molecule has 1 heterocycles. The van der Waals surface area contributed by atoms with E-state index in [0.717, 1.165) is 0 Å². The monoisotopic (exact) mass is 379 g/mol. The molecule has 2 N–H and O–H groups in total. The highest BCUT2D eigenvalue weighted by atomic mass is 32.2. The number of nitrogens with one attached hydrogen (secondary N) is 1. The van der Waals surface area contributed by atoms with E-state index in [1.807, 2.05) is 19.3 Å². The molecule has 26 heavy (non-hydrogen) atoms. The summed E-state index contributed by atoms with van der Waals surface area (Å²) in [5, 5.41) is 12.8. The molecule has 1 aromatic carbocycles. The fraction of sp³-hybridized carbons (Fsp3) is 0.389. The van der Waals surface area contributed by atoms with Crippen LogP contribution in [0.15, 0.2) is 47.5 Å². The minimum atomic E-state index is -3.54. The Balaban J connectivity index is 2.04. The number of amides is 1. The summed E-state index contributed by atoms with van der Waals surface area (Å²) in [6.07, 6.45) is 0.997. The number of carbonyl (C=O) groups excluding carboxylic acids is 1. The van der Waals surface area contributed by atoms with Crippen molar-refractivity contribution in [3.05, 3.63) is 53.9 Å². The van der Waals surface area contributed by atoms with Gasteiger partial charge in [-0.2, -0.15) is 4.31 Å². The van der Waals surface area contributed by atoms with Crippen LogP contribution in [-0.4, -0.2) is 47.9 Å². The Hall–Kier alpha value is -2.16. The van der Waals surface area contributed by atoms with Crippen LogP contribution in [0.1, 0.15) is 36.0 Å². The standard InChI is InChI=1S/C18H25N3O4S/c1-4-21(5-2)26(24,25)15-10-8-14(9-11-15)18(23)19-13-17(22)16-7-6-12-20(16)3/h6-12,17,22H,4-5,13H2,1-3H3,(H,19,23). The molecular weight excluding hydrogens is 354 g/mol. The first-order valence-electron chi connectivity index (χ1n) is 8.49. The Bertz CT molecular complexity index is 840. The maximum Gasteiger partial charge on any atom is 0.251 e. The zero-order valence-corrected chi connectivity index (χ0v) is 16.0. The van der Waals surface area contributed by atoms with Gasteiger partial charge < -0.3 is 15.0 Å². The molecule has 0 spiro atoms. The molecule has 142 valence electrons. The predicted octanol–water partition coefficient (Wildman–Crippen LogP) is 1.52. The van der Waals surface area contributed by atoms with E-state index in [1.165, 1.54) is 28.6 Å². The molecule has 0 fully saturated rings. The molecule has 8 heteroatoms. The molecular formula is C18H25N3O4S. The van der Waals surface area contributed by atoms with Gasteiger partial charge in [0, 0.05) is 44.1 Å². The van der Waals surface area contributed by atoms with E-state index in [2.05, 4.69) is 5.32 Å². The molecule has 1 unspecified atom stereocenters. The third-order valence-corrected chi connectivity index (χ3v) is 6.31. The molecule has 2 aromatic rings. The SMILES string of the molecule is CCN(CC)S(=O)(=O)c1ccc(C(=O)NCC(O)c2cccn2C)cc1. The molecule has 7 nitrogen and oxygen atoms in total. The van der Waals surface area contributed by atoms with Crippen molar-refractivity contribution >= 4 is 15.9 Å². The van der Waals surface area contributed by atoms with Crippen LogP contribution < -0.4 is 5.32 Å². The fourth-order valence-electron chi connectivity index (χ4n) is 2.71. The van der Waals surface area contributed by atoms with Crippen LogP contribution >= 0.6 is 0 Å². The number of aliphatic hydroxyl groups is 1. The predicted molar refractivity (Wildman–Crippen MR) is 99.3 cm³/mol. The van der Waals surface area contributed by atoms with Gasteiger partial charge in [-0.15, -0.1) is 0 Å². The van der Waals surface area contributed by atoms with E-state index in [4.69, 9.17) is 0 Å². The zero-order valence-electron chi connectivity index (χ0n) is 15.2. The summed E-state index contributed by atoms with van der Waals surface area (Å²) in [4.78, 5) is 12.4. The molecule has 2 rings (SSSR count). The van der Waals surface area contributed by atoms with Gasteiger partial charge in [0.25, 0.3) is 5.91 Å². The average Bonchev–Trinajstić information content (AvgIpc) is 3.06. The highest BCUT2D eigenvalue weighted by molar-refractivity contribution is 7.89. The summed E-state index contributed by atoms with van der Waals surface area (Å²) in [6.45, 7) is 4.40. The van der Waals surface area contributed by atoms with E-state index in [1.54, 1.807) is 24.5 Å². The van der Waals surface area contributed by atoms with Crippen molar-refractivity contribution in [3.8, 4) is 0 Å². The lowest BCUT2D eigenvalue weighted by atomic mass is 10.2. The minimum Gasteiger partial charge on any atom is -0.385 e. The number of carbonyl (C=O) groups is 1. The molecule has 0 aliphatic rings. The summed E-state index contributed by atoms with van der Waals surface area (Å²) < 4.78 is 28.0. The van der Waals surface area contributed by atoms with E-state index in [9.17, 15) is 18.3 Å². The van der Waals surface area contributed by atoms with Crippen LogP contribution in [0.25, 0.3) is 0 Å². The average molecular weight is 379 g/mol. The van der Waals surface area contributed by atoms with Crippen molar-refractivity contribution in [1.82, 2.24) is 14.2 Å². The number of benzene rings is 1. The first-order valence-corrected chi connectivity index (χ1v) is 9.93. The summed E-state index contributed by atoms with van der Waals surface area (Å²) in [5.41, 5.74) is 1.04.